The zero-order valence-corrected chi connectivity index (χ0v) is 14.1. The lowest BCUT2D eigenvalue weighted by Crippen LogP contribution is -2.20. The van der Waals surface area contributed by atoms with Gasteiger partial charge in [-0.05, 0) is 29.8 Å². The van der Waals surface area contributed by atoms with E-state index >= 15 is 0 Å². The lowest BCUT2D eigenvalue weighted by atomic mass is 10.1. The Morgan fingerprint density at radius 3 is 2.62 bits per heavy atom. The van der Waals surface area contributed by atoms with E-state index in [-0.39, 0.29) is 5.56 Å². The van der Waals surface area contributed by atoms with Gasteiger partial charge in [-0.15, -0.1) is 0 Å². The first-order chi connectivity index (χ1) is 12.5. The summed E-state index contributed by atoms with van der Waals surface area (Å²) in [6.07, 6.45) is 1.53. The largest absolute Gasteiger partial charge is 0.493 e. The molecule has 1 unspecified atom stereocenters. The van der Waals surface area contributed by atoms with E-state index in [9.17, 15) is 14.7 Å². The number of aromatic amines is 1. The van der Waals surface area contributed by atoms with Crippen LogP contribution in [0.4, 0.5) is 5.69 Å². The topological polar surface area (TPSA) is 114 Å². The first-order valence-electron chi connectivity index (χ1n) is 7.72. The van der Waals surface area contributed by atoms with Crippen molar-refractivity contribution in [2.75, 3.05) is 19.5 Å². The van der Waals surface area contributed by atoms with Crippen LogP contribution in [-0.4, -0.2) is 35.5 Å². The molecule has 2 aromatic carbocycles. The number of H-pyrrole nitrogens is 1. The minimum absolute atomic E-state index is 0.343. The van der Waals surface area contributed by atoms with Crippen LogP contribution in [0, 0.1) is 0 Å². The number of ether oxygens (including phenoxy) is 2. The number of carbonyl (C=O) groups is 1. The molecule has 134 valence electrons. The Labute approximate surface area is 148 Å². The van der Waals surface area contributed by atoms with E-state index in [1.54, 1.807) is 36.4 Å². The highest BCUT2D eigenvalue weighted by Crippen LogP contribution is 2.31. The Morgan fingerprint density at radius 1 is 1.15 bits per heavy atom. The molecule has 0 bridgehead atoms. The lowest BCUT2D eigenvalue weighted by Gasteiger charge is -2.18. The molecule has 0 aliphatic carbocycles. The summed E-state index contributed by atoms with van der Waals surface area (Å²) < 4.78 is 10.4. The number of carboxylic acid groups (broad SMARTS) is 1. The Kier molecular flexibility index (Phi) is 4.74. The molecule has 3 aromatic rings. The van der Waals surface area contributed by atoms with Gasteiger partial charge in [0.25, 0.3) is 5.56 Å². The van der Waals surface area contributed by atoms with Crippen molar-refractivity contribution in [1.29, 1.82) is 0 Å². The molecule has 0 fully saturated rings. The van der Waals surface area contributed by atoms with E-state index in [1.807, 2.05) is 0 Å². The average molecular weight is 355 g/mol. The van der Waals surface area contributed by atoms with Gasteiger partial charge >= 0.3 is 5.97 Å². The number of hydrogen-bond donors (Lipinski definition) is 3. The second-order valence-corrected chi connectivity index (χ2v) is 5.53. The van der Waals surface area contributed by atoms with Crippen molar-refractivity contribution in [3.05, 3.63) is 58.5 Å². The van der Waals surface area contributed by atoms with Crippen molar-refractivity contribution in [2.24, 2.45) is 0 Å². The van der Waals surface area contributed by atoms with Crippen molar-refractivity contribution in [3.8, 4) is 11.5 Å². The van der Waals surface area contributed by atoms with E-state index in [1.165, 1.54) is 20.4 Å². The normalized spacial score (nSPS) is 11.8. The Morgan fingerprint density at radius 2 is 1.92 bits per heavy atom. The van der Waals surface area contributed by atoms with Gasteiger partial charge in [-0.1, -0.05) is 12.1 Å². The number of nitrogens with one attached hydrogen (secondary N) is 2. The molecule has 1 heterocycles. The van der Waals surface area contributed by atoms with Crippen molar-refractivity contribution in [2.45, 2.75) is 6.04 Å². The molecule has 0 aliphatic rings. The summed E-state index contributed by atoms with van der Waals surface area (Å²) in [5.41, 5.74) is 0.638. The molecule has 3 N–H and O–H groups in total. The molecule has 0 spiro atoms. The van der Waals surface area contributed by atoms with Crippen molar-refractivity contribution in [1.82, 2.24) is 10.2 Å². The maximum absolute atomic E-state index is 11.9. The quantitative estimate of drug-likeness (QED) is 0.621. The molecule has 0 amide bonds. The minimum Gasteiger partial charge on any atom is -0.493 e. The minimum atomic E-state index is -1.07. The third kappa shape index (κ3) is 3.30. The predicted molar refractivity (Wildman–Crippen MR) is 95.9 cm³/mol. The molecular weight excluding hydrogens is 338 g/mol. The first-order valence-corrected chi connectivity index (χ1v) is 7.72. The smallest absolute Gasteiger partial charge is 0.330 e. The van der Waals surface area contributed by atoms with Crippen LogP contribution in [0.15, 0.2) is 47.4 Å². The second kappa shape index (κ2) is 7.14. The number of rotatable bonds is 6. The molecule has 0 saturated carbocycles. The third-order valence-corrected chi connectivity index (χ3v) is 3.97. The van der Waals surface area contributed by atoms with Gasteiger partial charge in [-0.25, -0.2) is 9.89 Å². The van der Waals surface area contributed by atoms with Crippen LogP contribution in [0.1, 0.15) is 11.6 Å². The van der Waals surface area contributed by atoms with Crippen molar-refractivity contribution in [3.63, 3.8) is 0 Å². The number of methoxy groups -OCH3 is 2. The summed E-state index contributed by atoms with van der Waals surface area (Å²) >= 11 is 0. The summed E-state index contributed by atoms with van der Waals surface area (Å²) in [5, 5.41) is 19.7. The van der Waals surface area contributed by atoms with Crippen LogP contribution < -0.4 is 20.3 Å². The van der Waals surface area contributed by atoms with Gasteiger partial charge in [0.05, 0.1) is 25.8 Å². The number of hydrogen-bond acceptors (Lipinski definition) is 6. The van der Waals surface area contributed by atoms with Crippen molar-refractivity contribution >= 4 is 22.4 Å². The number of aliphatic carboxylic acids is 1. The van der Waals surface area contributed by atoms with Crippen LogP contribution in [0.25, 0.3) is 10.8 Å². The number of anilines is 1. The molecule has 0 aliphatic heterocycles. The summed E-state index contributed by atoms with van der Waals surface area (Å²) in [6.45, 7) is 0. The summed E-state index contributed by atoms with van der Waals surface area (Å²) in [5.74, 6) is -0.134. The van der Waals surface area contributed by atoms with Gasteiger partial charge in [0.15, 0.2) is 17.5 Å². The van der Waals surface area contributed by atoms with Crippen LogP contribution in [-0.2, 0) is 4.79 Å². The Balaban J connectivity index is 1.98. The van der Waals surface area contributed by atoms with E-state index in [4.69, 9.17) is 9.47 Å². The number of carboxylic acids is 1. The van der Waals surface area contributed by atoms with Crippen LogP contribution in [0.5, 0.6) is 11.5 Å². The van der Waals surface area contributed by atoms with Crippen molar-refractivity contribution < 1.29 is 19.4 Å². The van der Waals surface area contributed by atoms with E-state index < -0.39 is 12.0 Å². The average Bonchev–Trinajstić information content (AvgIpc) is 2.66. The fourth-order valence-corrected chi connectivity index (χ4v) is 2.66. The maximum Gasteiger partial charge on any atom is 0.330 e. The summed E-state index contributed by atoms with van der Waals surface area (Å²) in [7, 11) is 2.99. The molecule has 8 heteroatoms. The molecule has 1 atom stereocenters. The predicted octanol–water partition coefficient (Wildman–Crippen LogP) is 2.18. The van der Waals surface area contributed by atoms with E-state index in [0.717, 1.165) is 0 Å². The Bertz CT molecular complexity index is 1020. The number of nitrogens with zero attached hydrogens (tertiary/aromatic N) is 1. The molecule has 8 nitrogen and oxygen atoms in total. The number of benzene rings is 2. The van der Waals surface area contributed by atoms with Gasteiger partial charge in [0.1, 0.15) is 0 Å². The van der Waals surface area contributed by atoms with E-state index in [0.29, 0.717) is 33.5 Å². The van der Waals surface area contributed by atoms with Gasteiger partial charge in [-0.2, -0.15) is 5.10 Å². The molecule has 1 aromatic heterocycles. The van der Waals surface area contributed by atoms with Gasteiger partial charge in [0.2, 0.25) is 0 Å². The third-order valence-electron chi connectivity index (χ3n) is 3.97. The van der Waals surface area contributed by atoms with Gasteiger partial charge < -0.3 is 19.9 Å². The van der Waals surface area contributed by atoms with Crippen LogP contribution in [0.3, 0.4) is 0 Å². The van der Waals surface area contributed by atoms with Gasteiger partial charge in [-0.3, -0.25) is 4.79 Å². The standard InChI is InChI=1S/C18H17N3O5/c1-25-14-6-4-10(7-15(14)26-2)16(18(23)24)20-12-5-3-11-9-19-21-17(22)13(11)8-12/h3-9,16,20H,1-2H3,(H,21,22)(H,23,24). The highest BCUT2D eigenvalue weighted by atomic mass is 16.5. The van der Waals surface area contributed by atoms with Crippen LogP contribution >= 0.6 is 0 Å². The number of fused-ring (bicyclic) bond motifs is 1. The summed E-state index contributed by atoms with van der Waals surface area (Å²) in [4.78, 5) is 23.7. The molecule has 26 heavy (non-hydrogen) atoms. The zero-order chi connectivity index (χ0) is 18.7. The lowest BCUT2D eigenvalue weighted by molar-refractivity contribution is -0.138. The zero-order valence-electron chi connectivity index (χ0n) is 14.1. The fourth-order valence-electron chi connectivity index (χ4n) is 2.66. The Hall–Kier alpha value is -3.55. The molecular formula is C18H17N3O5. The molecule has 3 rings (SSSR count). The second-order valence-electron chi connectivity index (χ2n) is 5.53. The SMILES string of the molecule is COc1ccc(C(Nc2ccc3cn[nH]c(=O)c3c2)C(=O)O)cc1OC. The molecule has 0 radical (unpaired) electrons. The first kappa shape index (κ1) is 17.3. The molecule has 0 saturated heterocycles. The maximum atomic E-state index is 11.9. The fraction of sp³-hybridized carbons (Fsp3) is 0.167. The van der Waals surface area contributed by atoms with Crippen LogP contribution in [0.2, 0.25) is 0 Å². The van der Waals surface area contributed by atoms with E-state index in [2.05, 4.69) is 15.5 Å². The summed E-state index contributed by atoms with van der Waals surface area (Å²) in [6, 6.07) is 8.84. The highest BCUT2D eigenvalue weighted by molar-refractivity contribution is 5.86. The van der Waals surface area contributed by atoms with Gasteiger partial charge in [0, 0.05) is 11.1 Å². The number of aromatic nitrogens is 2. The highest BCUT2D eigenvalue weighted by Gasteiger charge is 2.21. The monoisotopic (exact) mass is 355 g/mol.